The summed E-state index contributed by atoms with van der Waals surface area (Å²) in [6.45, 7) is 8.13. The Balaban J connectivity index is 1.31. The first-order valence-corrected chi connectivity index (χ1v) is 10.3. The van der Waals surface area contributed by atoms with Crippen molar-refractivity contribution in [1.82, 2.24) is 19.8 Å². The normalized spacial score (nSPS) is 21.0. The molecule has 2 aliphatic rings. The molecule has 6 heteroatoms. The molecule has 2 aromatic rings. The summed E-state index contributed by atoms with van der Waals surface area (Å²) in [7, 11) is 0. The molecule has 148 valence electrons. The quantitative estimate of drug-likeness (QED) is 0.816. The number of piperidine rings is 1. The summed E-state index contributed by atoms with van der Waals surface area (Å²) in [5, 5.41) is 0. The van der Waals surface area contributed by atoms with Crippen molar-refractivity contribution in [2.75, 3.05) is 44.2 Å². The Morgan fingerprint density at radius 3 is 2.61 bits per heavy atom. The number of rotatable bonds is 4. The zero-order chi connectivity index (χ0) is 19.3. The van der Waals surface area contributed by atoms with Crippen molar-refractivity contribution >= 4 is 11.9 Å². The Hall–Kier alpha value is -2.47. The Labute approximate surface area is 167 Å². The minimum atomic E-state index is 0.0542. The molecule has 3 heterocycles. The summed E-state index contributed by atoms with van der Waals surface area (Å²) in [6.07, 6.45) is 3.78. The lowest BCUT2D eigenvalue weighted by Crippen LogP contribution is -2.52. The van der Waals surface area contributed by atoms with Crippen LogP contribution in [0.15, 0.2) is 42.6 Å². The van der Waals surface area contributed by atoms with E-state index in [2.05, 4.69) is 55.0 Å². The van der Waals surface area contributed by atoms with Gasteiger partial charge in [-0.2, -0.15) is 0 Å². The third-order valence-electron chi connectivity index (χ3n) is 5.77. The molecule has 0 saturated carbocycles. The molecule has 1 amide bonds. The van der Waals surface area contributed by atoms with Gasteiger partial charge in [0.2, 0.25) is 11.9 Å². The fourth-order valence-corrected chi connectivity index (χ4v) is 4.17. The summed E-state index contributed by atoms with van der Waals surface area (Å²) in [5.41, 5.74) is 2.30. The molecule has 0 N–H and O–H groups in total. The van der Waals surface area contributed by atoms with Gasteiger partial charge in [-0.3, -0.25) is 9.69 Å². The second-order valence-corrected chi connectivity index (χ2v) is 7.87. The van der Waals surface area contributed by atoms with E-state index in [-0.39, 0.29) is 5.92 Å². The zero-order valence-electron chi connectivity index (χ0n) is 16.6. The SMILES string of the molecule is Cc1ccnc(N2CCC[C@H](C(=O)N3CCN(Cc4ccccc4)CC3)C2)n1. The van der Waals surface area contributed by atoms with Crippen LogP contribution in [0, 0.1) is 12.8 Å². The van der Waals surface area contributed by atoms with Crippen LogP contribution in [-0.2, 0) is 11.3 Å². The number of amides is 1. The molecule has 1 aromatic heterocycles. The summed E-state index contributed by atoms with van der Waals surface area (Å²) in [5.74, 6) is 1.11. The molecule has 4 rings (SSSR count). The maximum atomic E-state index is 13.1. The van der Waals surface area contributed by atoms with Gasteiger partial charge in [0, 0.05) is 57.7 Å². The van der Waals surface area contributed by atoms with Crippen LogP contribution in [0.4, 0.5) is 5.95 Å². The lowest BCUT2D eigenvalue weighted by Gasteiger charge is -2.39. The van der Waals surface area contributed by atoms with Gasteiger partial charge in [-0.05, 0) is 31.4 Å². The minimum absolute atomic E-state index is 0.0542. The third kappa shape index (κ3) is 4.50. The Kier molecular flexibility index (Phi) is 5.86. The van der Waals surface area contributed by atoms with E-state index in [9.17, 15) is 4.79 Å². The van der Waals surface area contributed by atoms with E-state index in [0.717, 1.165) is 70.3 Å². The standard InChI is InChI=1S/C22H29N5O/c1-18-9-10-23-22(24-18)27-11-5-8-20(17-27)21(28)26-14-12-25(13-15-26)16-19-6-3-2-4-7-19/h2-4,6-7,9-10,20H,5,8,11-17H2,1H3/t20-/m0/s1. The van der Waals surface area contributed by atoms with Gasteiger partial charge in [0.15, 0.2) is 0 Å². The maximum Gasteiger partial charge on any atom is 0.227 e. The molecule has 1 aromatic carbocycles. The van der Waals surface area contributed by atoms with Crippen molar-refractivity contribution in [2.24, 2.45) is 5.92 Å². The largest absolute Gasteiger partial charge is 0.340 e. The van der Waals surface area contributed by atoms with E-state index >= 15 is 0 Å². The van der Waals surface area contributed by atoms with Crippen LogP contribution in [0.3, 0.4) is 0 Å². The Morgan fingerprint density at radius 1 is 1.07 bits per heavy atom. The van der Waals surface area contributed by atoms with Gasteiger partial charge in [-0.25, -0.2) is 9.97 Å². The maximum absolute atomic E-state index is 13.1. The molecule has 0 spiro atoms. The van der Waals surface area contributed by atoms with Crippen molar-refractivity contribution in [2.45, 2.75) is 26.3 Å². The fraction of sp³-hybridized carbons (Fsp3) is 0.500. The third-order valence-corrected chi connectivity index (χ3v) is 5.77. The van der Waals surface area contributed by atoms with Crippen molar-refractivity contribution in [3.63, 3.8) is 0 Å². The van der Waals surface area contributed by atoms with Gasteiger partial charge in [-0.1, -0.05) is 30.3 Å². The van der Waals surface area contributed by atoms with Gasteiger partial charge in [0.1, 0.15) is 0 Å². The first-order chi connectivity index (χ1) is 13.7. The predicted molar refractivity (Wildman–Crippen MR) is 110 cm³/mol. The number of carbonyl (C=O) groups is 1. The van der Waals surface area contributed by atoms with Crippen molar-refractivity contribution in [3.8, 4) is 0 Å². The first kappa shape index (κ1) is 18.9. The summed E-state index contributed by atoms with van der Waals surface area (Å²) >= 11 is 0. The molecular weight excluding hydrogens is 350 g/mol. The van der Waals surface area contributed by atoms with Crippen LogP contribution in [0.5, 0.6) is 0 Å². The van der Waals surface area contributed by atoms with E-state index < -0.39 is 0 Å². The van der Waals surface area contributed by atoms with Crippen LogP contribution >= 0.6 is 0 Å². The monoisotopic (exact) mass is 379 g/mol. The number of benzene rings is 1. The van der Waals surface area contributed by atoms with E-state index in [1.807, 2.05) is 13.0 Å². The average molecular weight is 380 g/mol. The van der Waals surface area contributed by atoms with E-state index in [1.54, 1.807) is 6.20 Å². The topological polar surface area (TPSA) is 52.6 Å². The molecule has 0 unspecified atom stereocenters. The van der Waals surface area contributed by atoms with Crippen LogP contribution < -0.4 is 4.90 Å². The summed E-state index contributed by atoms with van der Waals surface area (Å²) < 4.78 is 0. The summed E-state index contributed by atoms with van der Waals surface area (Å²) in [4.78, 5) is 28.7. The molecule has 1 atom stereocenters. The number of carbonyl (C=O) groups excluding carboxylic acids is 1. The van der Waals surface area contributed by atoms with E-state index in [1.165, 1.54) is 5.56 Å². The first-order valence-electron chi connectivity index (χ1n) is 10.3. The fourth-order valence-electron chi connectivity index (χ4n) is 4.17. The molecule has 0 radical (unpaired) electrons. The smallest absolute Gasteiger partial charge is 0.227 e. The van der Waals surface area contributed by atoms with Crippen LogP contribution in [0.25, 0.3) is 0 Å². The average Bonchev–Trinajstić information content (AvgIpc) is 2.75. The van der Waals surface area contributed by atoms with Crippen molar-refractivity contribution < 1.29 is 4.79 Å². The van der Waals surface area contributed by atoms with Gasteiger partial charge in [0.25, 0.3) is 0 Å². The number of nitrogens with zero attached hydrogens (tertiary/aromatic N) is 5. The second kappa shape index (κ2) is 8.69. The number of aromatic nitrogens is 2. The molecule has 2 saturated heterocycles. The van der Waals surface area contributed by atoms with Crippen LogP contribution in [0.1, 0.15) is 24.1 Å². The Bertz CT molecular complexity index is 789. The number of hydrogen-bond acceptors (Lipinski definition) is 5. The molecule has 6 nitrogen and oxygen atoms in total. The number of piperazine rings is 1. The van der Waals surface area contributed by atoms with Crippen LogP contribution in [0.2, 0.25) is 0 Å². The predicted octanol–water partition coefficient (Wildman–Crippen LogP) is 2.35. The number of anilines is 1. The van der Waals surface area contributed by atoms with Gasteiger partial charge in [-0.15, -0.1) is 0 Å². The lowest BCUT2D eigenvalue weighted by molar-refractivity contribution is -0.137. The van der Waals surface area contributed by atoms with Crippen molar-refractivity contribution in [1.29, 1.82) is 0 Å². The van der Waals surface area contributed by atoms with Crippen molar-refractivity contribution in [3.05, 3.63) is 53.9 Å². The highest BCUT2D eigenvalue weighted by Crippen LogP contribution is 2.23. The Morgan fingerprint density at radius 2 is 1.86 bits per heavy atom. The highest BCUT2D eigenvalue weighted by Gasteiger charge is 2.31. The molecule has 0 aliphatic carbocycles. The number of hydrogen-bond donors (Lipinski definition) is 0. The highest BCUT2D eigenvalue weighted by atomic mass is 16.2. The van der Waals surface area contributed by atoms with Crippen LogP contribution in [-0.4, -0.2) is 64.9 Å². The van der Waals surface area contributed by atoms with E-state index in [4.69, 9.17) is 0 Å². The second-order valence-electron chi connectivity index (χ2n) is 7.87. The minimum Gasteiger partial charge on any atom is -0.340 e. The lowest BCUT2D eigenvalue weighted by atomic mass is 9.96. The number of aryl methyl sites for hydroxylation is 1. The summed E-state index contributed by atoms with van der Waals surface area (Å²) in [6, 6.07) is 12.5. The zero-order valence-corrected chi connectivity index (χ0v) is 16.6. The van der Waals surface area contributed by atoms with Gasteiger partial charge in [0.05, 0.1) is 5.92 Å². The highest BCUT2D eigenvalue weighted by molar-refractivity contribution is 5.79. The van der Waals surface area contributed by atoms with E-state index in [0.29, 0.717) is 5.91 Å². The molecular formula is C22H29N5O. The molecule has 0 bridgehead atoms. The molecule has 28 heavy (non-hydrogen) atoms. The molecule has 2 fully saturated rings. The molecule has 2 aliphatic heterocycles. The van der Waals surface area contributed by atoms with Gasteiger partial charge < -0.3 is 9.80 Å². The van der Waals surface area contributed by atoms with Gasteiger partial charge >= 0.3 is 0 Å².